The Kier molecular flexibility index (Phi) is 7.89. The smallest absolute Gasteiger partial charge is 0.344 e. The van der Waals surface area contributed by atoms with Crippen LogP contribution in [0, 0.1) is 23.0 Å². The van der Waals surface area contributed by atoms with E-state index < -0.39 is 44.3 Å². The van der Waals surface area contributed by atoms with Gasteiger partial charge in [0.25, 0.3) is 0 Å². The van der Waals surface area contributed by atoms with Gasteiger partial charge in [0, 0.05) is 17.5 Å². The van der Waals surface area contributed by atoms with Crippen LogP contribution in [0.15, 0.2) is 23.9 Å². The first kappa shape index (κ1) is 23.8. The lowest BCUT2D eigenvalue weighted by Crippen LogP contribution is -2.30. The van der Waals surface area contributed by atoms with Gasteiger partial charge < -0.3 is 20.0 Å². The Balaban J connectivity index is 3.57. The van der Waals surface area contributed by atoms with E-state index in [9.17, 15) is 18.4 Å². The molecule has 0 aliphatic heterocycles. The van der Waals surface area contributed by atoms with Crippen molar-refractivity contribution in [3.8, 4) is 0 Å². The van der Waals surface area contributed by atoms with E-state index in [1.807, 2.05) is 40.8 Å². The first-order chi connectivity index (χ1) is 12.8. The largest absolute Gasteiger partial charge is 0.477 e. The number of carboxylic acids is 2. The standard InChI is InChI=1S/C19H26F2NO5Si/c1-10(19(2,3)4)16(27-28(5)6)14-13(8-7-12(20)15(14)21)22-9-11(17(23)24)18(25)26/h7-10,16,22H,1-6H3,(H,23,24)(H,25,26). The first-order valence-electron chi connectivity index (χ1n) is 8.65. The minimum atomic E-state index is -1.66. The van der Waals surface area contributed by atoms with E-state index in [0.717, 1.165) is 12.3 Å². The molecule has 28 heavy (non-hydrogen) atoms. The molecule has 1 aromatic rings. The third-order valence-corrected chi connectivity index (χ3v) is 5.16. The van der Waals surface area contributed by atoms with Gasteiger partial charge in [-0.15, -0.1) is 0 Å². The Bertz CT molecular complexity index is 758. The minimum absolute atomic E-state index is 0.0447. The van der Waals surface area contributed by atoms with Crippen molar-refractivity contribution in [1.29, 1.82) is 0 Å². The normalized spacial score (nSPS) is 13.8. The van der Waals surface area contributed by atoms with Crippen molar-refractivity contribution in [2.45, 2.75) is 46.9 Å². The first-order valence-corrected chi connectivity index (χ1v) is 11.1. The Morgan fingerprint density at radius 1 is 1.18 bits per heavy atom. The quantitative estimate of drug-likeness (QED) is 0.252. The average Bonchev–Trinajstić information content (AvgIpc) is 2.54. The van der Waals surface area contributed by atoms with Gasteiger partial charge in [-0.2, -0.15) is 0 Å². The van der Waals surface area contributed by atoms with Crippen LogP contribution in [0.4, 0.5) is 14.5 Å². The number of hydrogen-bond donors (Lipinski definition) is 3. The van der Waals surface area contributed by atoms with Gasteiger partial charge in [0.1, 0.15) is 0 Å². The zero-order valence-electron chi connectivity index (χ0n) is 16.8. The van der Waals surface area contributed by atoms with Crippen LogP contribution in [-0.4, -0.2) is 31.2 Å². The molecule has 2 unspecified atom stereocenters. The van der Waals surface area contributed by atoms with E-state index in [2.05, 4.69) is 5.32 Å². The van der Waals surface area contributed by atoms with Crippen molar-refractivity contribution in [3.63, 3.8) is 0 Å². The maximum atomic E-state index is 14.8. The summed E-state index contributed by atoms with van der Waals surface area (Å²) in [6, 6.07) is 2.12. The molecule has 3 N–H and O–H groups in total. The highest BCUT2D eigenvalue weighted by atomic mass is 28.3. The molecule has 0 bridgehead atoms. The molecule has 0 spiro atoms. The third-order valence-electron chi connectivity index (χ3n) is 4.43. The number of benzene rings is 1. The summed E-state index contributed by atoms with van der Waals surface area (Å²) in [4.78, 5) is 22.1. The van der Waals surface area contributed by atoms with Crippen molar-refractivity contribution in [3.05, 3.63) is 41.1 Å². The van der Waals surface area contributed by atoms with Crippen LogP contribution in [0.2, 0.25) is 13.1 Å². The van der Waals surface area contributed by atoms with E-state index in [1.54, 1.807) is 0 Å². The summed E-state index contributed by atoms with van der Waals surface area (Å²) >= 11 is 0. The Labute approximate surface area is 164 Å². The van der Waals surface area contributed by atoms with Crippen LogP contribution >= 0.6 is 0 Å². The van der Waals surface area contributed by atoms with Crippen molar-refractivity contribution < 1.29 is 33.0 Å². The predicted molar refractivity (Wildman–Crippen MR) is 103 cm³/mol. The second kappa shape index (κ2) is 9.29. The van der Waals surface area contributed by atoms with Crippen molar-refractivity contribution in [2.75, 3.05) is 5.32 Å². The summed E-state index contributed by atoms with van der Waals surface area (Å²) < 4.78 is 34.8. The van der Waals surface area contributed by atoms with Crippen LogP contribution in [0.1, 0.15) is 39.4 Å². The van der Waals surface area contributed by atoms with Crippen LogP contribution < -0.4 is 5.32 Å². The summed E-state index contributed by atoms with van der Waals surface area (Å²) in [6.45, 7) is 11.4. The molecule has 0 heterocycles. The van der Waals surface area contributed by atoms with E-state index in [0.29, 0.717) is 0 Å². The summed E-state index contributed by atoms with van der Waals surface area (Å²) in [7, 11) is -1.31. The second-order valence-electron chi connectivity index (χ2n) is 7.74. The lowest BCUT2D eigenvalue weighted by Gasteiger charge is -2.36. The molecule has 9 heteroatoms. The van der Waals surface area contributed by atoms with Gasteiger partial charge >= 0.3 is 11.9 Å². The molecule has 0 fully saturated rings. The number of carbonyl (C=O) groups is 2. The number of nitrogens with one attached hydrogen (secondary N) is 1. The summed E-state index contributed by atoms with van der Waals surface area (Å²) in [5.74, 6) is -5.74. The zero-order valence-corrected chi connectivity index (χ0v) is 17.8. The van der Waals surface area contributed by atoms with E-state index >= 15 is 0 Å². The number of aliphatic carboxylic acids is 2. The fourth-order valence-electron chi connectivity index (χ4n) is 2.45. The Morgan fingerprint density at radius 2 is 1.71 bits per heavy atom. The SMILES string of the molecule is CC(C(O[Si](C)C)c1c(NC=C(C(=O)O)C(=O)O)ccc(F)c1F)C(C)(C)C. The monoisotopic (exact) mass is 414 g/mol. The molecule has 6 nitrogen and oxygen atoms in total. The highest BCUT2D eigenvalue weighted by Crippen LogP contribution is 2.42. The van der Waals surface area contributed by atoms with Gasteiger partial charge in [0.05, 0.1) is 6.10 Å². The van der Waals surface area contributed by atoms with Gasteiger partial charge in [-0.3, -0.25) is 0 Å². The molecule has 0 saturated heterocycles. The van der Waals surface area contributed by atoms with Crippen LogP contribution in [0.3, 0.4) is 0 Å². The Morgan fingerprint density at radius 3 is 2.14 bits per heavy atom. The molecular formula is C19H26F2NO5Si. The summed E-state index contributed by atoms with van der Waals surface area (Å²) in [5.41, 5.74) is -1.29. The fourth-order valence-corrected chi connectivity index (χ4v) is 3.28. The molecule has 0 aliphatic carbocycles. The lowest BCUT2D eigenvalue weighted by atomic mass is 9.76. The van der Waals surface area contributed by atoms with Gasteiger partial charge in [0.15, 0.2) is 17.2 Å². The predicted octanol–water partition coefficient (Wildman–Crippen LogP) is 4.42. The molecule has 0 amide bonds. The number of halogens is 2. The number of carboxylic acid groups (broad SMARTS) is 2. The Hall–Kier alpha value is -2.26. The summed E-state index contributed by atoms with van der Waals surface area (Å²) in [6.07, 6.45) is -0.0720. The summed E-state index contributed by atoms with van der Waals surface area (Å²) in [5, 5.41) is 20.4. The molecule has 155 valence electrons. The molecule has 0 aliphatic rings. The maximum absolute atomic E-state index is 14.8. The second-order valence-corrected chi connectivity index (χ2v) is 9.79. The van der Waals surface area contributed by atoms with Crippen molar-refractivity contribution >= 4 is 26.7 Å². The van der Waals surface area contributed by atoms with Gasteiger partial charge in [0.2, 0.25) is 9.04 Å². The molecule has 1 radical (unpaired) electrons. The minimum Gasteiger partial charge on any atom is -0.477 e. The van der Waals surface area contributed by atoms with Crippen LogP contribution in [0.5, 0.6) is 0 Å². The van der Waals surface area contributed by atoms with E-state index in [1.165, 1.54) is 6.07 Å². The van der Waals surface area contributed by atoms with Gasteiger partial charge in [-0.1, -0.05) is 27.7 Å². The third kappa shape index (κ3) is 5.87. The lowest BCUT2D eigenvalue weighted by molar-refractivity contribution is -0.140. The van der Waals surface area contributed by atoms with Gasteiger partial charge in [-0.05, 0) is 36.6 Å². The van der Waals surface area contributed by atoms with Crippen molar-refractivity contribution in [2.24, 2.45) is 11.3 Å². The molecule has 1 aromatic carbocycles. The van der Waals surface area contributed by atoms with Gasteiger partial charge in [-0.25, -0.2) is 18.4 Å². The number of hydrogen-bond acceptors (Lipinski definition) is 4. The highest BCUT2D eigenvalue weighted by Gasteiger charge is 2.35. The molecule has 0 saturated carbocycles. The van der Waals surface area contributed by atoms with E-state index in [4.69, 9.17) is 14.6 Å². The topological polar surface area (TPSA) is 95.9 Å². The zero-order chi connectivity index (χ0) is 21.8. The average molecular weight is 415 g/mol. The maximum Gasteiger partial charge on any atom is 0.344 e. The highest BCUT2D eigenvalue weighted by molar-refractivity contribution is 6.48. The van der Waals surface area contributed by atoms with E-state index in [-0.39, 0.29) is 22.6 Å². The molecule has 0 aromatic heterocycles. The molecular weight excluding hydrogens is 388 g/mol. The molecule has 2 atom stereocenters. The van der Waals surface area contributed by atoms with Crippen molar-refractivity contribution in [1.82, 2.24) is 0 Å². The van der Waals surface area contributed by atoms with Crippen LogP contribution in [0.25, 0.3) is 0 Å². The number of anilines is 1. The molecule has 1 rings (SSSR count). The fraction of sp³-hybridized carbons (Fsp3) is 0.474. The van der Waals surface area contributed by atoms with Crippen LogP contribution in [-0.2, 0) is 14.0 Å². The number of rotatable bonds is 8.